The Morgan fingerprint density at radius 3 is 2.41 bits per heavy atom. The van der Waals surface area contributed by atoms with Gasteiger partial charge < -0.3 is 24.8 Å². The van der Waals surface area contributed by atoms with E-state index in [0.29, 0.717) is 6.61 Å². The third-order valence-corrected chi connectivity index (χ3v) is 4.12. The van der Waals surface area contributed by atoms with Crippen LogP contribution in [0.5, 0.6) is 0 Å². The van der Waals surface area contributed by atoms with E-state index in [9.17, 15) is 10.2 Å². The van der Waals surface area contributed by atoms with Gasteiger partial charge in [-0.2, -0.15) is 0 Å². The van der Waals surface area contributed by atoms with Crippen LogP contribution >= 0.6 is 0 Å². The van der Waals surface area contributed by atoms with Gasteiger partial charge in [0, 0.05) is 6.61 Å². The summed E-state index contributed by atoms with van der Waals surface area (Å²) in [7, 11) is 0. The zero-order valence-corrected chi connectivity index (χ0v) is 13.5. The molecular formula is C17H32O5. The lowest BCUT2D eigenvalue weighted by atomic mass is 10.1. The molecule has 1 rings (SSSR count). The van der Waals surface area contributed by atoms with Gasteiger partial charge in [-0.25, -0.2) is 0 Å². The molecule has 0 saturated carbocycles. The van der Waals surface area contributed by atoms with Crippen molar-refractivity contribution in [3.05, 3.63) is 12.7 Å². The predicted octanol–water partition coefficient (Wildman–Crippen LogP) is 1.79. The smallest absolute Gasteiger partial charge is 0.114 e. The van der Waals surface area contributed by atoms with Crippen LogP contribution in [0.25, 0.3) is 0 Å². The van der Waals surface area contributed by atoms with Crippen molar-refractivity contribution in [1.29, 1.82) is 0 Å². The van der Waals surface area contributed by atoms with Gasteiger partial charge in [-0.3, -0.25) is 0 Å². The third kappa shape index (κ3) is 7.20. The highest BCUT2D eigenvalue weighted by molar-refractivity contribution is 4.88. The topological polar surface area (TPSA) is 79.2 Å². The van der Waals surface area contributed by atoms with Crippen LogP contribution < -0.4 is 0 Å². The molecule has 0 unspecified atom stereocenters. The number of ether oxygens (including phenoxy) is 2. The molecule has 1 aliphatic heterocycles. The molecule has 0 aromatic carbocycles. The number of unbranched alkanes of at least 4 members (excludes halogenated alkanes) is 7. The Hall–Kier alpha value is -0.460. The van der Waals surface area contributed by atoms with Crippen molar-refractivity contribution >= 4 is 0 Å². The summed E-state index contributed by atoms with van der Waals surface area (Å²) in [6.45, 7) is 4.17. The lowest BCUT2D eigenvalue weighted by Crippen LogP contribution is -2.41. The lowest BCUT2D eigenvalue weighted by molar-refractivity contribution is -0.0730. The fraction of sp³-hybridized carbons (Fsp3) is 0.882. The fourth-order valence-corrected chi connectivity index (χ4v) is 2.71. The molecule has 1 fully saturated rings. The number of hydrogen-bond donors (Lipinski definition) is 3. The first kappa shape index (κ1) is 19.6. The molecule has 1 saturated heterocycles. The minimum Gasteiger partial charge on any atom is -0.394 e. The quantitative estimate of drug-likeness (QED) is 0.357. The Bertz CT molecular complexity index is 284. The molecule has 0 aromatic rings. The minimum absolute atomic E-state index is 0.270. The first-order valence-electron chi connectivity index (χ1n) is 8.51. The molecule has 0 radical (unpaired) electrons. The maximum absolute atomic E-state index is 9.97. The van der Waals surface area contributed by atoms with Gasteiger partial charge in [-0.05, 0) is 19.3 Å². The van der Waals surface area contributed by atoms with Gasteiger partial charge in [0.2, 0.25) is 0 Å². The van der Waals surface area contributed by atoms with E-state index >= 15 is 0 Å². The number of rotatable bonds is 13. The highest BCUT2D eigenvalue weighted by Gasteiger charge is 2.40. The molecule has 0 spiro atoms. The van der Waals surface area contributed by atoms with Gasteiger partial charge in [0.15, 0.2) is 0 Å². The molecule has 130 valence electrons. The van der Waals surface area contributed by atoms with E-state index in [1.54, 1.807) is 0 Å². The summed E-state index contributed by atoms with van der Waals surface area (Å²) < 4.78 is 10.9. The summed E-state index contributed by atoms with van der Waals surface area (Å²) in [6, 6.07) is 0. The Morgan fingerprint density at radius 2 is 1.77 bits per heavy atom. The Morgan fingerprint density at radius 1 is 1.14 bits per heavy atom. The first-order chi connectivity index (χ1) is 10.7. The van der Waals surface area contributed by atoms with Crippen molar-refractivity contribution < 1.29 is 24.8 Å². The minimum atomic E-state index is -1.05. The molecule has 0 bridgehead atoms. The Kier molecular flexibility index (Phi) is 10.7. The van der Waals surface area contributed by atoms with E-state index in [4.69, 9.17) is 14.6 Å². The van der Waals surface area contributed by atoms with E-state index in [1.807, 2.05) is 6.08 Å². The normalized spacial score (nSPS) is 26.2. The van der Waals surface area contributed by atoms with E-state index in [1.165, 1.54) is 32.1 Å². The van der Waals surface area contributed by atoms with Crippen LogP contribution in [-0.4, -0.2) is 59.6 Å². The van der Waals surface area contributed by atoms with Crippen molar-refractivity contribution in [2.45, 2.75) is 75.8 Å². The second kappa shape index (κ2) is 12.0. The summed E-state index contributed by atoms with van der Waals surface area (Å²) >= 11 is 0. The van der Waals surface area contributed by atoms with Gasteiger partial charge >= 0.3 is 0 Å². The van der Waals surface area contributed by atoms with Crippen molar-refractivity contribution in [3.63, 3.8) is 0 Å². The molecule has 22 heavy (non-hydrogen) atoms. The number of aliphatic hydroxyl groups excluding tert-OH is 3. The zero-order chi connectivity index (χ0) is 16.2. The molecule has 0 aliphatic carbocycles. The molecule has 5 nitrogen and oxygen atoms in total. The van der Waals surface area contributed by atoms with Gasteiger partial charge in [0.05, 0.1) is 13.2 Å². The summed E-state index contributed by atoms with van der Waals surface area (Å²) in [4.78, 5) is 0. The molecular weight excluding hydrogens is 284 g/mol. The molecule has 4 atom stereocenters. The maximum atomic E-state index is 9.97. The Balaban J connectivity index is 1.96. The highest BCUT2D eigenvalue weighted by atomic mass is 16.6. The molecule has 5 heteroatoms. The van der Waals surface area contributed by atoms with Gasteiger partial charge in [0.1, 0.15) is 24.4 Å². The van der Waals surface area contributed by atoms with Gasteiger partial charge in [-0.15, -0.1) is 6.58 Å². The second-order valence-electron chi connectivity index (χ2n) is 6.00. The van der Waals surface area contributed by atoms with Crippen molar-refractivity contribution in [2.24, 2.45) is 0 Å². The summed E-state index contributed by atoms with van der Waals surface area (Å²) in [5.74, 6) is 0. The standard InChI is InChI=1S/C17H32O5/c1-2-3-4-5-6-7-8-9-10-11-21-15-13-22-17(16(15)20)14(19)12-18/h2,14-20H,1,3-13H2/t14-,15+,16-,17-/m0/s1. The fourth-order valence-electron chi connectivity index (χ4n) is 2.71. The average molecular weight is 316 g/mol. The SMILES string of the molecule is C=CCCCCCCCCCO[C@@H]1CO[C@@H]([C@@H](O)CO)[C@H]1O. The van der Waals surface area contributed by atoms with Crippen LogP contribution in [0.1, 0.15) is 51.4 Å². The number of hydrogen-bond acceptors (Lipinski definition) is 5. The molecule has 0 aromatic heterocycles. The maximum Gasteiger partial charge on any atom is 0.114 e. The summed E-state index contributed by atoms with van der Waals surface area (Å²) in [6.07, 6.45) is 8.42. The van der Waals surface area contributed by atoms with E-state index < -0.39 is 31.0 Å². The summed E-state index contributed by atoms with van der Waals surface area (Å²) in [5, 5.41) is 28.3. The van der Waals surface area contributed by atoms with Crippen molar-refractivity contribution in [3.8, 4) is 0 Å². The molecule has 0 amide bonds. The van der Waals surface area contributed by atoms with Gasteiger partial charge in [-0.1, -0.05) is 38.2 Å². The van der Waals surface area contributed by atoms with Crippen LogP contribution in [-0.2, 0) is 9.47 Å². The second-order valence-corrected chi connectivity index (χ2v) is 6.00. The van der Waals surface area contributed by atoms with Crippen molar-refractivity contribution in [2.75, 3.05) is 19.8 Å². The monoisotopic (exact) mass is 316 g/mol. The van der Waals surface area contributed by atoms with Crippen LogP contribution in [0.4, 0.5) is 0 Å². The van der Waals surface area contributed by atoms with Crippen LogP contribution in [0, 0.1) is 0 Å². The largest absolute Gasteiger partial charge is 0.394 e. The van der Waals surface area contributed by atoms with E-state index in [0.717, 1.165) is 19.3 Å². The average Bonchev–Trinajstić information content (AvgIpc) is 2.89. The van der Waals surface area contributed by atoms with Crippen molar-refractivity contribution in [1.82, 2.24) is 0 Å². The number of allylic oxidation sites excluding steroid dienone is 1. The highest BCUT2D eigenvalue weighted by Crippen LogP contribution is 2.20. The molecule has 1 aliphatic rings. The van der Waals surface area contributed by atoms with Gasteiger partial charge in [0.25, 0.3) is 0 Å². The number of aliphatic hydroxyl groups is 3. The first-order valence-corrected chi connectivity index (χ1v) is 8.51. The van der Waals surface area contributed by atoms with Crippen LogP contribution in [0.15, 0.2) is 12.7 Å². The predicted molar refractivity (Wildman–Crippen MR) is 85.7 cm³/mol. The Labute approximate surface area is 133 Å². The zero-order valence-electron chi connectivity index (χ0n) is 13.5. The van der Waals surface area contributed by atoms with Crippen LogP contribution in [0.3, 0.4) is 0 Å². The van der Waals surface area contributed by atoms with E-state index in [2.05, 4.69) is 6.58 Å². The molecule has 3 N–H and O–H groups in total. The lowest BCUT2D eigenvalue weighted by Gasteiger charge is -2.20. The summed E-state index contributed by atoms with van der Waals surface area (Å²) in [5.41, 5.74) is 0. The van der Waals surface area contributed by atoms with Crippen LogP contribution in [0.2, 0.25) is 0 Å². The third-order valence-electron chi connectivity index (χ3n) is 4.12. The molecule has 1 heterocycles. The van der Waals surface area contributed by atoms with E-state index in [-0.39, 0.29) is 6.61 Å².